The molecule has 0 saturated heterocycles. The fourth-order valence-electron chi connectivity index (χ4n) is 3.56. The topological polar surface area (TPSA) is 75.6 Å². The summed E-state index contributed by atoms with van der Waals surface area (Å²) in [7, 11) is 1.56. The molecule has 0 aromatic heterocycles. The van der Waals surface area contributed by atoms with Crippen molar-refractivity contribution in [2.75, 3.05) is 13.7 Å². The van der Waals surface area contributed by atoms with E-state index in [9.17, 15) is 14.7 Å². The number of amides is 1. The van der Waals surface area contributed by atoms with Crippen LogP contribution in [0.1, 0.15) is 33.3 Å². The predicted octanol–water partition coefficient (Wildman–Crippen LogP) is 2.74. The van der Waals surface area contributed by atoms with Gasteiger partial charge in [-0.15, -0.1) is 0 Å². The summed E-state index contributed by atoms with van der Waals surface area (Å²) in [5.74, 6) is -1.08. The van der Waals surface area contributed by atoms with Gasteiger partial charge in [0.2, 0.25) is 5.91 Å². The molecule has 0 heterocycles. The van der Waals surface area contributed by atoms with Gasteiger partial charge in [0.25, 0.3) is 0 Å². The molecule has 1 unspecified atom stereocenters. The molecule has 1 fully saturated rings. The van der Waals surface area contributed by atoms with Crippen LogP contribution in [0.25, 0.3) is 0 Å². The maximum Gasteiger partial charge on any atom is 0.308 e. The third kappa shape index (κ3) is 3.25. The van der Waals surface area contributed by atoms with Crippen LogP contribution in [-0.2, 0) is 16.0 Å². The molecule has 0 radical (unpaired) electrons. The standard InChI is InChI=1S/C19H27NO4/c1-18(2)15(19(18,3)4)16(21)20-11-13(17(22)23)10-12-8-6-7-9-14(12)24-5/h6-9,13,15H,10-11H2,1-5H3,(H,20,21)(H,22,23). The van der Waals surface area contributed by atoms with Crippen LogP contribution < -0.4 is 10.1 Å². The van der Waals surface area contributed by atoms with E-state index in [1.165, 1.54) is 0 Å². The van der Waals surface area contributed by atoms with Crippen LogP contribution in [0.4, 0.5) is 0 Å². The van der Waals surface area contributed by atoms with Crippen molar-refractivity contribution in [2.24, 2.45) is 22.7 Å². The number of hydrogen-bond donors (Lipinski definition) is 2. The summed E-state index contributed by atoms with van der Waals surface area (Å²) in [6.45, 7) is 8.40. The number of carbonyl (C=O) groups is 2. The Kier molecular flexibility index (Phi) is 4.92. The molecule has 1 amide bonds. The number of ether oxygens (including phenoxy) is 1. The van der Waals surface area contributed by atoms with E-state index in [0.717, 1.165) is 5.56 Å². The van der Waals surface area contributed by atoms with Crippen molar-refractivity contribution in [3.63, 3.8) is 0 Å². The van der Waals surface area contributed by atoms with Crippen molar-refractivity contribution in [1.29, 1.82) is 0 Å². The Morgan fingerprint density at radius 2 is 1.79 bits per heavy atom. The number of methoxy groups -OCH3 is 1. The Balaban J connectivity index is 2.00. The van der Waals surface area contributed by atoms with Gasteiger partial charge in [0, 0.05) is 12.5 Å². The molecule has 0 bridgehead atoms. The van der Waals surface area contributed by atoms with E-state index >= 15 is 0 Å². The minimum atomic E-state index is -0.921. The van der Waals surface area contributed by atoms with Crippen LogP contribution in [0.5, 0.6) is 5.75 Å². The molecule has 24 heavy (non-hydrogen) atoms. The third-order valence-electron chi connectivity index (χ3n) is 5.81. The van der Waals surface area contributed by atoms with Crippen LogP contribution in [0.15, 0.2) is 24.3 Å². The lowest BCUT2D eigenvalue weighted by atomic mass is 9.98. The summed E-state index contributed by atoms with van der Waals surface area (Å²) in [5.41, 5.74) is 0.713. The van der Waals surface area contributed by atoms with Gasteiger partial charge < -0.3 is 15.2 Å². The molecule has 0 aliphatic heterocycles. The van der Waals surface area contributed by atoms with Crippen molar-refractivity contribution in [3.8, 4) is 5.75 Å². The monoisotopic (exact) mass is 333 g/mol. The van der Waals surface area contributed by atoms with E-state index in [1.54, 1.807) is 7.11 Å². The number of carboxylic acid groups (broad SMARTS) is 1. The number of carbonyl (C=O) groups excluding carboxylic acids is 1. The Bertz CT molecular complexity index is 622. The highest BCUT2D eigenvalue weighted by Crippen LogP contribution is 2.68. The van der Waals surface area contributed by atoms with E-state index in [1.807, 2.05) is 24.3 Å². The minimum absolute atomic E-state index is 0.0571. The normalized spacial score (nSPS) is 19.4. The van der Waals surface area contributed by atoms with Crippen LogP contribution >= 0.6 is 0 Å². The van der Waals surface area contributed by atoms with Crippen molar-refractivity contribution in [1.82, 2.24) is 5.32 Å². The van der Waals surface area contributed by atoms with Crippen molar-refractivity contribution < 1.29 is 19.4 Å². The summed E-state index contributed by atoms with van der Waals surface area (Å²) >= 11 is 0. The lowest BCUT2D eigenvalue weighted by molar-refractivity contribution is -0.141. The van der Waals surface area contributed by atoms with E-state index in [2.05, 4.69) is 33.0 Å². The zero-order chi connectivity index (χ0) is 18.1. The second-order valence-corrected chi connectivity index (χ2v) is 7.67. The first-order valence-corrected chi connectivity index (χ1v) is 8.25. The van der Waals surface area contributed by atoms with Gasteiger partial charge in [-0.1, -0.05) is 45.9 Å². The first-order chi connectivity index (χ1) is 11.1. The molecular formula is C19H27NO4. The van der Waals surface area contributed by atoms with Crippen molar-refractivity contribution in [2.45, 2.75) is 34.1 Å². The molecule has 5 heteroatoms. The molecular weight excluding hydrogens is 306 g/mol. The summed E-state index contributed by atoms with van der Waals surface area (Å²) in [5, 5.41) is 12.3. The largest absolute Gasteiger partial charge is 0.496 e. The summed E-state index contributed by atoms with van der Waals surface area (Å²) in [4.78, 5) is 24.0. The highest BCUT2D eigenvalue weighted by Gasteiger charge is 2.68. The zero-order valence-electron chi connectivity index (χ0n) is 15.1. The van der Waals surface area contributed by atoms with E-state index in [-0.39, 0.29) is 29.2 Å². The second kappa shape index (κ2) is 6.46. The Morgan fingerprint density at radius 1 is 1.21 bits per heavy atom. The molecule has 1 aromatic carbocycles. The first kappa shape index (κ1) is 18.3. The number of benzene rings is 1. The molecule has 132 valence electrons. The van der Waals surface area contributed by atoms with Gasteiger partial charge in [0.15, 0.2) is 0 Å². The molecule has 2 rings (SSSR count). The van der Waals surface area contributed by atoms with Gasteiger partial charge in [0.05, 0.1) is 13.0 Å². The highest BCUT2D eigenvalue weighted by molar-refractivity contribution is 5.84. The van der Waals surface area contributed by atoms with Gasteiger partial charge >= 0.3 is 5.97 Å². The predicted molar refractivity (Wildman–Crippen MR) is 91.9 cm³/mol. The number of aliphatic carboxylic acids is 1. The minimum Gasteiger partial charge on any atom is -0.496 e. The number of rotatable bonds is 7. The van der Waals surface area contributed by atoms with E-state index in [4.69, 9.17) is 4.74 Å². The van der Waals surface area contributed by atoms with E-state index in [0.29, 0.717) is 12.2 Å². The average Bonchev–Trinajstić information content (AvgIpc) is 2.92. The molecule has 0 spiro atoms. The molecule has 5 nitrogen and oxygen atoms in total. The number of nitrogens with one attached hydrogen (secondary N) is 1. The molecule has 1 aliphatic rings. The van der Waals surface area contributed by atoms with Crippen LogP contribution in [0.3, 0.4) is 0 Å². The molecule has 1 aliphatic carbocycles. The quantitative estimate of drug-likeness (QED) is 0.804. The summed E-state index contributed by atoms with van der Waals surface area (Å²) in [6, 6.07) is 7.35. The van der Waals surface area contributed by atoms with Crippen molar-refractivity contribution in [3.05, 3.63) is 29.8 Å². The number of carboxylic acids is 1. The van der Waals surface area contributed by atoms with Crippen LogP contribution in [0.2, 0.25) is 0 Å². The van der Waals surface area contributed by atoms with Gasteiger partial charge in [-0.05, 0) is 28.9 Å². The Morgan fingerprint density at radius 3 is 2.29 bits per heavy atom. The average molecular weight is 333 g/mol. The maximum atomic E-state index is 12.4. The second-order valence-electron chi connectivity index (χ2n) is 7.67. The Hall–Kier alpha value is -2.04. The zero-order valence-corrected chi connectivity index (χ0v) is 15.1. The first-order valence-electron chi connectivity index (χ1n) is 8.25. The van der Waals surface area contributed by atoms with Gasteiger partial charge in [0.1, 0.15) is 5.75 Å². The molecule has 1 atom stereocenters. The van der Waals surface area contributed by atoms with Crippen LogP contribution in [0, 0.1) is 22.7 Å². The van der Waals surface area contributed by atoms with Gasteiger partial charge in [-0.25, -0.2) is 0 Å². The maximum absolute atomic E-state index is 12.4. The Labute approximate surface area is 143 Å². The van der Waals surface area contributed by atoms with Gasteiger partial charge in [-0.2, -0.15) is 0 Å². The molecule has 1 saturated carbocycles. The number of hydrogen-bond acceptors (Lipinski definition) is 3. The molecule has 2 N–H and O–H groups in total. The highest BCUT2D eigenvalue weighted by atomic mass is 16.5. The SMILES string of the molecule is COc1ccccc1CC(CNC(=O)C1C(C)(C)C1(C)C)C(=O)O. The van der Waals surface area contributed by atoms with E-state index < -0.39 is 11.9 Å². The smallest absolute Gasteiger partial charge is 0.308 e. The third-order valence-corrected chi connectivity index (χ3v) is 5.81. The summed E-state index contributed by atoms with van der Waals surface area (Å²) < 4.78 is 5.27. The van der Waals surface area contributed by atoms with Crippen molar-refractivity contribution >= 4 is 11.9 Å². The summed E-state index contributed by atoms with van der Waals surface area (Å²) in [6.07, 6.45) is 0.317. The molecule has 1 aromatic rings. The number of para-hydroxylation sites is 1. The van der Waals surface area contributed by atoms with Crippen LogP contribution in [-0.4, -0.2) is 30.6 Å². The lowest BCUT2D eigenvalue weighted by Crippen LogP contribution is -2.36. The fraction of sp³-hybridized carbons (Fsp3) is 0.579. The lowest BCUT2D eigenvalue weighted by Gasteiger charge is -2.16. The fourth-order valence-corrected chi connectivity index (χ4v) is 3.56. The van der Waals surface area contributed by atoms with Gasteiger partial charge in [-0.3, -0.25) is 9.59 Å².